The van der Waals surface area contributed by atoms with E-state index in [0.29, 0.717) is 5.06 Å². The second kappa shape index (κ2) is 8.39. The van der Waals surface area contributed by atoms with Crippen LogP contribution in [-0.4, -0.2) is 47.2 Å². The maximum Gasteiger partial charge on any atom is 0.443 e. The quantitative estimate of drug-likeness (QED) is 0.793. The van der Waals surface area contributed by atoms with Crippen LogP contribution in [0.1, 0.15) is 25.3 Å². The SMILES string of the molecule is CCC[C@H](O)[C@@H](C(=O)ON1C(=O)OC[C@@H]1Cc1ccccc1)C(F)(F)F. The number of hydrogen-bond donors (Lipinski definition) is 1. The monoisotopic (exact) mass is 375 g/mol. The first-order valence-electron chi connectivity index (χ1n) is 8.20. The number of carbonyl (C=O) groups excluding carboxylic acids is 2. The molecule has 0 unspecified atom stereocenters. The minimum absolute atomic E-state index is 0.116. The second-order valence-corrected chi connectivity index (χ2v) is 6.03. The fourth-order valence-corrected chi connectivity index (χ4v) is 2.71. The van der Waals surface area contributed by atoms with E-state index in [-0.39, 0.29) is 25.9 Å². The molecular formula is C17H20F3NO5. The molecule has 1 aromatic carbocycles. The highest BCUT2D eigenvalue weighted by Gasteiger charge is 2.52. The van der Waals surface area contributed by atoms with E-state index in [1.165, 1.54) is 0 Å². The molecule has 1 aliphatic heterocycles. The van der Waals surface area contributed by atoms with E-state index < -0.39 is 36.3 Å². The molecule has 26 heavy (non-hydrogen) atoms. The predicted molar refractivity (Wildman–Crippen MR) is 83.7 cm³/mol. The van der Waals surface area contributed by atoms with Gasteiger partial charge < -0.3 is 14.7 Å². The highest BCUT2D eigenvalue weighted by molar-refractivity contribution is 5.77. The van der Waals surface area contributed by atoms with Crippen LogP contribution in [0, 0.1) is 5.92 Å². The molecule has 1 aliphatic rings. The number of aliphatic hydroxyl groups excluding tert-OH is 1. The standard InChI is InChI=1S/C17H20F3NO5/c1-2-6-13(22)14(17(18,19)20)15(23)26-21-12(10-25-16(21)24)9-11-7-4-3-5-8-11/h3-5,7-8,12-14,22H,2,6,9-10H2,1H3/t12-,13-,14-/m0/s1. The van der Waals surface area contributed by atoms with Crippen molar-refractivity contribution in [3.8, 4) is 0 Å². The van der Waals surface area contributed by atoms with Crippen molar-refractivity contribution in [3.63, 3.8) is 0 Å². The van der Waals surface area contributed by atoms with Gasteiger partial charge in [-0.05, 0) is 18.4 Å². The van der Waals surface area contributed by atoms with E-state index in [4.69, 9.17) is 9.57 Å². The normalized spacial score (nSPS) is 19.8. The van der Waals surface area contributed by atoms with Gasteiger partial charge in [-0.1, -0.05) is 43.7 Å². The molecule has 9 heteroatoms. The summed E-state index contributed by atoms with van der Waals surface area (Å²) in [5.41, 5.74) is 0.801. The summed E-state index contributed by atoms with van der Waals surface area (Å²) >= 11 is 0. The molecule has 1 N–H and O–H groups in total. The zero-order chi connectivity index (χ0) is 19.3. The Hall–Kier alpha value is -2.29. The van der Waals surface area contributed by atoms with Crippen molar-refractivity contribution in [2.24, 2.45) is 5.92 Å². The van der Waals surface area contributed by atoms with Gasteiger partial charge >= 0.3 is 18.2 Å². The van der Waals surface area contributed by atoms with Gasteiger partial charge in [0.2, 0.25) is 0 Å². The largest absolute Gasteiger partial charge is 0.445 e. The van der Waals surface area contributed by atoms with Gasteiger partial charge in [0.15, 0.2) is 5.92 Å². The van der Waals surface area contributed by atoms with E-state index in [1.54, 1.807) is 37.3 Å². The number of cyclic esters (lactones) is 1. The fraction of sp³-hybridized carbons (Fsp3) is 0.529. The van der Waals surface area contributed by atoms with Crippen molar-refractivity contribution in [1.82, 2.24) is 5.06 Å². The molecule has 1 heterocycles. The maximum absolute atomic E-state index is 13.2. The number of alkyl halides is 3. The van der Waals surface area contributed by atoms with Crippen LogP contribution < -0.4 is 0 Å². The fourth-order valence-electron chi connectivity index (χ4n) is 2.71. The number of ether oxygens (including phenoxy) is 1. The summed E-state index contributed by atoms with van der Waals surface area (Å²) in [6, 6.07) is 8.12. The average Bonchev–Trinajstić information content (AvgIpc) is 2.88. The third-order valence-electron chi connectivity index (χ3n) is 3.99. The highest BCUT2D eigenvalue weighted by atomic mass is 19.4. The molecule has 1 aromatic rings. The van der Waals surface area contributed by atoms with Gasteiger partial charge in [-0.3, -0.25) is 0 Å². The number of hydrogen-bond acceptors (Lipinski definition) is 5. The first-order chi connectivity index (χ1) is 12.2. The Morgan fingerprint density at radius 2 is 2.04 bits per heavy atom. The van der Waals surface area contributed by atoms with Crippen LogP contribution >= 0.6 is 0 Å². The minimum atomic E-state index is -5.00. The van der Waals surface area contributed by atoms with E-state index in [1.807, 2.05) is 0 Å². The molecular weight excluding hydrogens is 355 g/mol. The molecule has 1 amide bonds. The van der Waals surface area contributed by atoms with Crippen LogP contribution in [0.3, 0.4) is 0 Å². The summed E-state index contributed by atoms with van der Waals surface area (Å²) in [6.45, 7) is 1.46. The third-order valence-corrected chi connectivity index (χ3v) is 3.99. The number of amides is 1. The zero-order valence-electron chi connectivity index (χ0n) is 14.1. The first-order valence-corrected chi connectivity index (χ1v) is 8.20. The summed E-state index contributed by atoms with van der Waals surface area (Å²) in [6.07, 6.45) is -7.71. The van der Waals surface area contributed by atoms with Gasteiger partial charge in [0, 0.05) is 0 Å². The number of hydroxylamine groups is 2. The summed E-state index contributed by atoms with van der Waals surface area (Å²) in [7, 11) is 0. The lowest BCUT2D eigenvalue weighted by Crippen LogP contribution is -2.46. The molecule has 0 spiro atoms. The smallest absolute Gasteiger partial charge is 0.443 e. The summed E-state index contributed by atoms with van der Waals surface area (Å²) in [5, 5.41) is 10.2. The van der Waals surface area contributed by atoms with Gasteiger partial charge in [0.1, 0.15) is 12.6 Å². The van der Waals surface area contributed by atoms with Gasteiger partial charge in [-0.25, -0.2) is 9.59 Å². The number of aliphatic hydroxyl groups is 1. The lowest BCUT2D eigenvalue weighted by Gasteiger charge is -2.26. The Kier molecular flexibility index (Phi) is 6.47. The average molecular weight is 375 g/mol. The van der Waals surface area contributed by atoms with Crippen LogP contribution in [0.5, 0.6) is 0 Å². The third kappa shape index (κ3) is 4.87. The summed E-state index contributed by atoms with van der Waals surface area (Å²) in [5.74, 6) is -4.46. The van der Waals surface area contributed by atoms with Gasteiger partial charge in [-0.15, -0.1) is 5.06 Å². The Morgan fingerprint density at radius 3 is 2.62 bits per heavy atom. The number of carbonyl (C=O) groups is 2. The Bertz CT molecular complexity index is 623. The molecule has 1 saturated heterocycles. The van der Waals surface area contributed by atoms with Gasteiger partial charge in [0.05, 0.1) is 6.10 Å². The molecule has 144 valence electrons. The van der Waals surface area contributed by atoms with Crippen molar-refractivity contribution in [2.75, 3.05) is 6.61 Å². The molecule has 0 bridgehead atoms. The molecule has 0 saturated carbocycles. The molecule has 0 aliphatic carbocycles. The van der Waals surface area contributed by atoms with E-state index in [9.17, 15) is 27.9 Å². The van der Waals surface area contributed by atoms with Crippen LogP contribution in [0.2, 0.25) is 0 Å². The summed E-state index contributed by atoms with van der Waals surface area (Å²) in [4.78, 5) is 28.5. The predicted octanol–water partition coefficient (Wildman–Crippen LogP) is 2.85. The van der Waals surface area contributed by atoms with Crippen molar-refractivity contribution >= 4 is 12.1 Å². The maximum atomic E-state index is 13.2. The molecule has 0 radical (unpaired) electrons. The lowest BCUT2D eigenvalue weighted by atomic mass is 9.98. The lowest BCUT2D eigenvalue weighted by molar-refractivity contribution is -0.234. The van der Waals surface area contributed by atoms with Crippen molar-refractivity contribution in [1.29, 1.82) is 0 Å². The number of benzene rings is 1. The van der Waals surface area contributed by atoms with Crippen LogP contribution in [0.15, 0.2) is 30.3 Å². The van der Waals surface area contributed by atoms with E-state index in [2.05, 4.69) is 0 Å². The zero-order valence-corrected chi connectivity index (χ0v) is 14.1. The minimum Gasteiger partial charge on any atom is -0.445 e. The Balaban J connectivity index is 2.11. The number of rotatable bonds is 7. The Morgan fingerprint density at radius 1 is 1.38 bits per heavy atom. The number of nitrogens with zero attached hydrogens (tertiary/aromatic N) is 1. The molecule has 2 rings (SSSR count). The van der Waals surface area contributed by atoms with Crippen LogP contribution in [0.25, 0.3) is 0 Å². The second-order valence-electron chi connectivity index (χ2n) is 6.03. The van der Waals surface area contributed by atoms with E-state index >= 15 is 0 Å². The van der Waals surface area contributed by atoms with Gasteiger partial charge in [0.25, 0.3) is 0 Å². The van der Waals surface area contributed by atoms with E-state index in [0.717, 1.165) is 5.56 Å². The Labute approximate surface area is 148 Å². The van der Waals surface area contributed by atoms with Gasteiger partial charge in [-0.2, -0.15) is 13.2 Å². The first kappa shape index (κ1) is 20.0. The van der Waals surface area contributed by atoms with Crippen molar-refractivity contribution in [2.45, 2.75) is 44.5 Å². The number of halogens is 3. The molecule has 1 fully saturated rings. The van der Waals surface area contributed by atoms with Crippen LogP contribution in [0.4, 0.5) is 18.0 Å². The van der Waals surface area contributed by atoms with Crippen molar-refractivity contribution < 1.29 is 37.4 Å². The highest BCUT2D eigenvalue weighted by Crippen LogP contribution is 2.32. The van der Waals surface area contributed by atoms with Crippen LogP contribution in [-0.2, 0) is 20.8 Å². The van der Waals surface area contributed by atoms with Crippen molar-refractivity contribution in [3.05, 3.63) is 35.9 Å². The topological polar surface area (TPSA) is 76.1 Å². The molecule has 6 nitrogen and oxygen atoms in total. The molecule has 0 aromatic heterocycles. The summed E-state index contributed by atoms with van der Waals surface area (Å²) < 4.78 is 44.3. The molecule has 3 atom stereocenters.